The number of carbonyl (C=O) groups is 1. The van der Waals surface area contributed by atoms with Gasteiger partial charge in [-0.25, -0.2) is 4.79 Å². The number of rotatable bonds is 2. The Bertz CT molecular complexity index is 124. The third kappa shape index (κ3) is 10.9. The first-order chi connectivity index (χ1) is 3.77. The monoisotopic (exact) mass is 130 g/mol. The molecule has 0 bridgehead atoms. The average molecular weight is 130 g/mol. The lowest BCUT2D eigenvalue weighted by atomic mass is 10.4. The van der Waals surface area contributed by atoms with Crippen molar-refractivity contribution in [2.45, 2.75) is 6.92 Å². The molecule has 0 unspecified atom stereocenters. The van der Waals surface area contributed by atoms with Crippen LogP contribution in [0.2, 0.25) is 0 Å². The van der Waals surface area contributed by atoms with Crippen LogP contribution in [0.15, 0.2) is 24.3 Å². The second-order valence-electron chi connectivity index (χ2n) is 1.22. The second kappa shape index (κ2) is 6.91. The summed E-state index contributed by atoms with van der Waals surface area (Å²) in [6, 6.07) is 0. The van der Waals surface area contributed by atoms with E-state index in [1.165, 1.54) is 6.08 Å². The SMILES string of the molecule is C/C=C/C=C/C(=O)O.O. The molecule has 0 saturated carbocycles. The van der Waals surface area contributed by atoms with Gasteiger partial charge in [0.25, 0.3) is 0 Å². The van der Waals surface area contributed by atoms with Gasteiger partial charge >= 0.3 is 5.97 Å². The van der Waals surface area contributed by atoms with E-state index >= 15 is 0 Å². The fourth-order valence-corrected chi connectivity index (χ4v) is 0.249. The highest BCUT2D eigenvalue weighted by Gasteiger charge is 1.78. The molecule has 3 N–H and O–H groups in total. The fourth-order valence-electron chi connectivity index (χ4n) is 0.249. The molecular weight excluding hydrogens is 120 g/mol. The van der Waals surface area contributed by atoms with Gasteiger partial charge in [-0.3, -0.25) is 0 Å². The van der Waals surface area contributed by atoms with Crippen LogP contribution in [0.1, 0.15) is 6.92 Å². The molecule has 3 heteroatoms. The molecule has 0 amide bonds. The molecule has 0 aromatic heterocycles. The lowest BCUT2D eigenvalue weighted by Crippen LogP contribution is -1.83. The van der Waals surface area contributed by atoms with Gasteiger partial charge in [0, 0.05) is 6.08 Å². The minimum absolute atomic E-state index is 0. The number of aliphatic carboxylic acids is 1. The highest BCUT2D eigenvalue weighted by Crippen LogP contribution is 1.74. The van der Waals surface area contributed by atoms with Crippen LogP contribution in [0.3, 0.4) is 0 Å². The Morgan fingerprint density at radius 3 is 2.33 bits per heavy atom. The molecule has 3 nitrogen and oxygen atoms in total. The molecule has 0 saturated heterocycles. The van der Waals surface area contributed by atoms with E-state index in [1.807, 2.05) is 6.92 Å². The summed E-state index contributed by atoms with van der Waals surface area (Å²) in [5.74, 6) is -0.914. The van der Waals surface area contributed by atoms with Crippen molar-refractivity contribution in [3.8, 4) is 0 Å². The van der Waals surface area contributed by atoms with E-state index in [1.54, 1.807) is 12.2 Å². The summed E-state index contributed by atoms with van der Waals surface area (Å²) in [7, 11) is 0. The van der Waals surface area contributed by atoms with Crippen LogP contribution in [-0.4, -0.2) is 16.6 Å². The Balaban J connectivity index is 0. The van der Waals surface area contributed by atoms with Gasteiger partial charge in [-0.15, -0.1) is 0 Å². The molecule has 0 fully saturated rings. The minimum atomic E-state index is -0.914. The molecule has 52 valence electrons. The van der Waals surface area contributed by atoms with E-state index in [9.17, 15) is 4.79 Å². The number of carboxylic acids is 1. The first-order valence-electron chi connectivity index (χ1n) is 2.29. The molecule has 0 spiro atoms. The van der Waals surface area contributed by atoms with E-state index in [2.05, 4.69) is 0 Å². The molecule has 9 heavy (non-hydrogen) atoms. The molecule has 0 heterocycles. The largest absolute Gasteiger partial charge is 0.478 e. The third-order valence-corrected chi connectivity index (χ3v) is 0.542. The Labute approximate surface area is 53.6 Å². The molecule has 0 aromatic carbocycles. The second-order valence-corrected chi connectivity index (χ2v) is 1.22. The molecule has 0 atom stereocenters. The lowest BCUT2D eigenvalue weighted by Gasteiger charge is -1.72. The highest BCUT2D eigenvalue weighted by atomic mass is 16.4. The van der Waals surface area contributed by atoms with Crippen molar-refractivity contribution in [3.63, 3.8) is 0 Å². The summed E-state index contributed by atoms with van der Waals surface area (Å²) in [5, 5.41) is 8.02. The van der Waals surface area contributed by atoms with Crippen molar-refractivity contribution in [1.82, 2.24) is 0 Å². The van der Waals surface area contributed by atoms with Gasteiger partial charge in [0.2, 0.25) is 0 Å². The van der Waals surface area contributed by atoms with Crippen LogP contribution in [0.5, 0.6) is 0 Å². The average Bonchev–Trinajstić information content (AvgIpc) is 1.66. The predicted molar refractivity (Wildman–Crippen MR) is 35.2 cm³/mol. The molecule has 0 rings (SSSR count). The maximum atomic E-state index is 9.75. The highest BCUT2D eigenvalue weighted by molar-refractivity contribution is 5.80. The zero-order valence-electron chi connectivity index (χ0n) is 5.16. The summed E-state index contributed by atoms with van der Waals surface area (Å²) >= 11 is 0. The zero-order chi connectivity index (χ0) is 6.41. The van der Waals surface area contributed by atoms with Gasteiger partial charge in [0.15, 0.2) is 0 Å². The number of hydrogen-bond acceptors (Lipinski definition) is 1. The zero-order valence-corrected chi connectivity index (χ0v) is 5.16. The van der Waals surface area contributed by atoms with Crippen molar-refractivity contribution in [1.29, 1.82) is 0 Å². The van der Waals surface area contributed by atoms with E-state index < -0.39 is 5.97 Å². The van der Waals surface area contributed by atoms with E-state index in [4.69, 9.17) is 5.11 Å². The van der Waals surface area contributed by atoms with Crippen molar-refractivity contribution in [2.75, 3.05) is 0 Å². The molecule has 0 radical (unpaired) electrons. The van der Waals surface area contributed by atoms with Crippen molar-refractivity contribution < 1.29 is 15.4 Å². The molecule has 0 aliphatic rings. The summed E-state index contributed by atoms with van der Waals surface area (Å²) in [6.07, 6.45) is 5.98. The van der Waals surface area contributed by atoms with Crippen LogP contribution >= 0.6 is 0 Å². The van der Waals surface area contributed by atoms with Gasteiger partial charge in [0.1, 0.15) is 0 Å². The van der Waals surface area contributed by atoms with E-state index in [0.717, 1.165) is 6.08 Å². The minimum Gasteiger partial charge on any atom is -0.478 e. The lowest BCUT2D eigenvalue weighted by molar-refractivity contribution is -0.131. The standard InChI is InChI=1S/C6H8O2.H2O/c1-2-3-4-5-6(7)8;/h2-5H,1H3,(H,7,8);1H2/b3-2+,5-4+;. The maximum Gasteiger partial charge on any atom is 0.328 e. The maximum absolute atomic E-state index is 9.75. The number of carboxylic acid groups (broad SMARTS) is 1. The van der Waals surface area contributed by atoms with Gasteiger partial charge in [-0.1, -0.05) is 18.2 Å². The Morgan fingerprint density at radius 2 is 2.00 bits per heavy atom. The van der Waals surface area contributed by atoms with Gasteiger partial charge in [-0.2, -0.15) is 0 Å². The van der Waals surface area contributed by atoms with Gasteiger partial charge in [-0.05, 0) is 6.92 Å². The smallest absolute Gasteiger partial charge is 0.328 e. The topological polar surface area (TPSA) is 68.8 Å². The molecule has 0 aliphatic heterocycles. The van der Waals surface area contributed by atoms with E-state index in [-0.39, 0.29) is 5.48 Å². The Hall–Kier alpha value is -1.09. The normalized spacial score (nSPS) is 9.89. The number of hydrogen-bond donors (Lipinski definition) is 1. The van der Waals surface area contributed by atoms with Crippen LogP contribution in [0, 0.1) is 0 Å². The van der Waals surface area contributed by atoms with E-state index in [0.29, 0.717) is 0 Å². The molecule has 0 aliphatic carbocycles. The summed E-state index contributed by atoms with van der Waals surface area (Å²) in [5.41, 5.74) is 0. The first-order valence-corrected chi connectivity index (χ1v) is 2.29. The van der Waals surface area contributed by atoms with Gasteiger partial charge < -0.3 is 10.6 Å². The van der Waals surface area contributed by atoms with Crippen molar-refractivity contribution in [2.24, 2.45) is 0 Å². The Morgan fingerprint density at radius 1 is 1.44 bits per heavy atom. The quantitative estimate of drug-likeness (QED) is 0.433. The molecular formula is C6H10O3. The molecule has 0 aromatic rings. The summed E-state index contributed by atoms with van der Waals surface area (Å²) in [4.78, 5) is 9.75. The fraction of sp³-hybridized carbons (Fsp3) is 0.167. The van der Waals surface area contributed by atoms with Crippen LogP contribution in [-0.2, 0) is 4.79 Å². The van der Waals surface area contributed by atoms with Crippen molar-refractivity contribution >= 4 is 5.97 Å². The third-order valence-electron chi connectivity index (χ3n) is 0.542. The predicted octanol–water partition coefficient (Wildman–Crippen LogP) is 0.379. The first kappa shape index (κ1) is 10.8. The van der Waals surface area contributed by atoms with Crippen LogP contribution in [0.25, 0.3) is 0 Å². The number of allylic oxidation sites excluding steroid dienone is 3. The summed E-state index contributed by atoms with van der Waals surface area (Å²) < 4.78 is 0. The van der Waals surface area contributed by atoms with Crippen LogP contribution in [0.4, 0.5) is 0 Å². The van der Waals surface area contributed by atoms with Crippen molar-refractivity contribution in [3.05, 3.63) is 24.3 Å². The summed E-state index contributed by atoms with van der Waals surface area (Å²) in [6.45, 7) is 1.83. The van der Waals surface area contributed by atoms with Crippen LogP contribution < -0.4 is 0 Å². The Kier molecular flexibility index (Phi) is 8.30. The van der Waals surface area contributed by atoms with Gasteiger partial charge in [0.05, 0.1) is 0 Å².